The molecule has 7 heteroatoms. The summed E-state index contributed by atoms with van der Waals surface area (Å²) in [5.74, 6) is -1.63. The summed E-state index contributed by atoms with van der Waals surface area (Å²) in [6.07, 6.45) is 1.68. The molecule has 3 aromatic carbocycles. The van der Waals surface area contributed by atoms with E-state index in [0.717, 1.165) is 34.6 Å². The van der Waals surface area contributed by atoms with Crippen molar-refractivity contribution in [2.75, 3.05) is 16.3 Å². The van der Waals surface area contributed by atoms with Crippen molar-refractivity contribution in [2.45, 2.75) is 33.1 Å². The van der Waals surface area contributed by atoms with Crippen molar-refractivity contribution < 1.29 is 23.9 Å². The highest BCUT2D eigenvalue weighted by molar-refractivity contribution is 6.34. The number of hydrogen-bond acceptors (Lipinski definition) is 5. The molecular formula is C29H26N2O5. The standard InChI is InChI=1S/C29H26N2O5/c1-3-18-8-7-9-19(4-2)26(18)30-17-20(16-25(30)32)29(35)36-22-14-12-21(13-15-22)31-27(33)23-10-5-6-11-24(23)28(31)34/h5-15,20H,3-4,16-17H2,1-2H3/t20-/m0/s1. The number of amides is 3. The molecule has 1 fully saturated rings. The number of anilines is 2. The Balaban J connectivity index is 1.29. The van der Waals surface area contributed by atoms with Crippen LogP contribution in [0.5, 0.6) is 5.75 Å². The van der Waals surface area contributed by atoms with Crippen LogP contribution in [0.25, 0.3) is 0 Å². The van der Waals surface area contributed by atoms with Crippen molar-refractivity contribution in [1.29, 1.82) is 0 Å². The van der Waals surface area contributed by atoms with E-state index in [1.165, 1.54) is 0 Å². The van der Waals surface area contributed by atoms with Crippen LogP contribution in [0.1, 0.15) is 52.1 Å². The van der Waals surface area contributed by atoms with Gasteiger partial charge in [-0.25, -0.2) is 4.90 Å². The van der Waals surface area contributed by atoms with E-state index in [1.54, 1.807) is 53.4 Å². The predicted molar refractivity (Wildman–Crippen MR) is 135 cm³/mol. The van der Waals surface area contributed by atoms with E-state index >= 15 is 0 Å². The van der Waals surface area contributed by atoms with Crippen LogP contribution in [0.4, 0.5) is 11.4 Å². The van der Waals surface area contributed by atoms with Crippen LogP contribution in [0.2, 0.25) is 0 Å². The molecule has 0 aromatic heterocycles. The lowest BCUT2D eigenvalue weighted by molar-refractivity contribution is -0.139. The SMILES string of the molecule is CCc1cccc(CC)c1N1C[C@@H](C(=O)Oc2ccc(N3C(=O)c4ccccc4C3=O)cc2)CC1=O. The molecule has 7 nitrogen and oxygen atoms in total. The fourth-order valence-electron chi connectivity index (χ4n) is 4.93. The quantitative estimate of drug-likeness (QED) is 0.292. The second kappa shape index (κ2) is 9.41. The summed E-state index contributed by atoms with van der Waals surface area (Å²) in [4.78, 5) is 54.0. The van der Waals surface area contributed by atoms with Gasteiger partial charge in [-0.05, 0) is 60.4 Å². The van der Waals surface area contributed by atoms with E-state index in [-0.39, 0.29) is 36.4 Å². The van der Waals surface area contributed by atoms with Crippen molar-refractivity contribution in [2.24, 2.45) is 5.92 Å². The monoisotopic (exact) mass is 482 g/mol. The summed E-state index contributed by atoms with van der Waals surface area (Å²) in [5, 5.41) is 0. The van der Waals surface area contributed by atoms with Gasteiger partial charge in [0.25, 0.3) is 11.8 Å². The van der Waals surface area contributed by atoms with Crippen molar-refractivity contribution in [3.05, 3.63) is 89.0 Å². The number of nitrogens with zero attached hydrogens (tertiary/aromatic N) is 2. The third-order valence-corrected chi connectivity index (χ3v) is 6.80. The number of fused-ring (bicyclic) bond motifs is 1. The zero-order valence-electron chi connectivity index (χ0n) is 20.2. The second-order valence-electron chi connectivity index (χ2n) is 8.94. The highest BCUT2D eigenvalue weighted by atomic mass is 16.5. The van der Waals surface area contributed by atoms with Gasteiger partial charge in [0, 0.05) is 18.7 Å². The average molecular weight is 483 g/mol. The fourth-order valence-corrected chi connectivity index (χ4v) is 4.93. The maximum Gasteiger partial charge on any atom is 0.316 e. The summed E-state index contributed by atoms with van der Waals surface area (Å²) >= 11 is 0. The summed E-state index contributed by atoms with van der Waals surface area (Å²) < 4.78 is 5.57. The van der Waals surface area contributed by atoms with Crippen molar-refractivity contribution >= 4 is 35.1 Å². The normalized spacial score (nSPS) is 17.1. The maximum absolute atomic E-state index is 12.9. The Morgan fingerprint density at radius 2 is 1.42 bits per heavy atom. The smallest absolute Gasteiger partial charge is 0.316 e. The Labute approximate surface area is 209 Å². The first-order valence-corrected chi connectivity index (χ1v) is 12.1. The molecule has 2 aliphatic rings. The van der Waals surface area contributed by atoms with Gasteiger partial charge in [0.2, 0.25) is 5.91 Å². The zero-order valence-corrected chi connectivity index (χ0v) is 20.2. The molecule has 2 heterocycles. The minimum atomic E-state index is -0.581. The van der Waals surface area contributed by atoms with Crippen LogP contribution in [0.15, 0.2) is 66.7 Å². The van der Waals surface area contributed by atoms with Gasteiger partial charge in [0.05, 0.1) is 22.7 Å². The van der Waals surface area contributed by atoms with Crippen LogP contribution < -0.4 is 14.5 Å². The van der Waals surface area contributed by atoms with Gasteiger partial charge < -0.3 is 9.64 Å². The van der Waals surface area contributed by atoms with E-state index in [4.69, 9.17) is 4.74 Å². The molecule has 5 rings (SSSR count). The Kier molecular flexibility index (Phi) is 6.14. The topological polar surface area (TPSA) is 84.0 Å². The number of benzene rings is 3. The van der Waals surface area contributed by atoms with Crippen molar-refractivity contribution in [3.63, 3.8) is 0 Å². The van der Waals surface area contributed by atoms with E-state index in [9.17, 15) is 19.2 Å². The summed E-state index contributed by atoms with van der Waals surface area (Å²) in [7, 11) is 0. The highest BCUT2D eigenvalue weighted by Crippen LogP contribution is 2.34. The fraction of sp³-hybridized carbons (Fsp3) is 0.241. The molecule has 182 valence electrons. The summed E-state index contributed by atoms with van der Waals surface area (Å²) in [6, 6.07) is 19.0. The molecule has 2 aliphatic heterocycles. The van der Waals surface area contributed by atoms with Crippen molar-refractivity contribution in [1.82, 2.24) is 0 Å². The first-order valence-electron chi connectivity index (χ1n) is 12.1. The van der Waals surface area contributed by atoms with Crippen LogP contribution in [0.3, 0.4) is 0 Å². The van der Waals surface area contributed by atoms with Gasteiger partial charge >= 0.3 is 5.97 Å². The van der Waals surface area contributed by atoms with Gasteiger partial charge in [-0.1, -0.05) is 44.2 Å². The minimum Gasteiger partial charge on any atom is -0.426 e. The molecule has 0 N–H and O–H groups in total. The van der Waals surface area contributed by atoms with Gasteiger partial charge in [-0.3, -0.25) is 19.2 Å². The van der Waals surface area contributed by atoms with Crippen LogP contribution in [-0.4, -0.2) is 30.2 Å². The number of imide groups is 1. The predicted octanol–water partition coefficient (Wildman–Crippen LogP) is 4.57. The summed E-state index contributed by atoms with van der Waals surface area (Å²) in [5.41, 5.74) is 4.20. The van der Waals surface area contributed by atoms with E-state index in [2.05, 4.69) is 13.8 Å². The lowest BCUT2D eigenvalue weighted by Gasteiger charge is -2.23. The number of hydrogen-bond donors (Lipinski definition) is 0. The lowest BCUT2D eigenvalue weighted by Crippen LogP contribution is -2.29. The van der Waals surface area contributed by atoms with Gasteiger partial charge in [-0.2, -0.15) is 0 Å². The summed E-state index contributed by atoms with van der Waals surface area (Å²) in [6.45, 7) is 4.38. The van der Waals surface area contributed by atoms with Crippen LogP contribution in [0, 0.1) is 5.92 Å². The van der Waals surface area contributed by atoms with Gasteiger partial charge in [0.1, 0.15) is 5.75 Å². The van der Waals surface area contributed by atoms with E-state index < -0.39 is 11.9 Å². The number of aryl methyl sites for hydroxylation is 2. The second-order valence-corrected chi connectivity index (χ2v) is 8.94. The number of esters is 1. The average Bonchev–Trinajstić information content (AvgIpc) is 3.41. The molecule has 0 aliphatic carbocycles. The van der Waals surface area contributed by atoms with Gasteiger partial charge in [0.15, 0.2) is 0 Å². The molecule has 0 unspecified atom stereocenters. The largest absolute Gasteiger partial charge is 0.426 e. The Hall–Kier alpha value is -4.26. The number of rotatable bonds is 6. The molecule has 1 atom stereocenters. The van der Waals surface area contributed by atoms with Crippen LogP contribution in [-0.2, 0) is 22.4 Å². The lowest BCUT2D eigenvalue weighted by atomic mass is 10.0. The Bertz CT molecular complexity index is 1320. The molecule has 0 saturated carbocycles. The van der Waals surface area contributed by atoms with Gasteiger partial charge in [-0.15, -0.1) is 0 Å². The molecule has 0 radical (unpaired) electrons. The molecule has 1 saturated heterocycles. The third-order valence-electron chi connectivity index (χ3n) is 6.80. The third kappa shape index (κ3) is 3.96. The van der Waals surface area contributed by atoms with Crippen molar-refractivity contribution in [3.8, 4) is 5.75 Å². The molecule has 3 amide bonds. The first kappa shape index (κ1) is 23.5. The molecule has 36 heavy (non-hydrogen) atoms. The molecular weight excluding hydrogens is 456 g/mol. The number of carbonyl (C=O) groups excluding carboxylic acids is 4. The highest BCUT2D eigenvalue weighted by Gasteiger charge is 2.38. The van der Waals surface area contributed by atoms with E-state index in [0.29, 0.717) is 16.8 Å². The maximum atomic E-state index is 12.9. The number of ether oxygens (including phenoxy) is 1. The van der Waals surface area contributed by atoms with E-state index in [1.807, 2.05) is 18.2 Å². The molecule has 0 spiro atoms. The molecule has 3 aromatic rings. The Morgan fingerprint density at radius 3 is 1.97 bits per heavy atom. The zero-order chi connectivity index (χ0) is 25.4. The first-order chi connectivity index (χ1) is 17.4. The molecule has 0 bridgehead atoms. The minimum absolute atomic E-state index is 0.0893. The number of carbonyl (C=O) groups is 4. The van der Waals surface area contributed by atoms with Crippen LogP contribution >= 0.6 is 0 Å². The Morgan fingerprint density at radius 1 is 0.833 bits per heavy atom. The number of para-hydroxylation sites is 1.